The molecule has 19 heavy (non-hydrogen) atoms. The molecule has 1 atom stereocenters. The van der Waals surface area contributed by atoms with Gasteiger partial charge in [-0.25, -0.2) is 0 Å². The zero-order chi connectivity index (χ0) is 13.7. The number of H-pyrrole nitrogens is 1. The minimum atomic E-state index is -0.142. The topological polar surface area (TPSA) is 104 Å². The van der Waals surface area contributed by atoms with E-state index in [0.29, 0.717) is 31.7 Å². The van der Waals surface area contributed by atoms with Gasteiger partial charge in [0, 0.05) is 32.4 Å². The third-order valence-corrected chi connectivity index (χ3v) is 3.27. The normalized spacial score (nSPS) is 19.2. The Labute approximate surface area is 111 Å². The quantitative estimate of drug-likeness (QED) is 0.672. The fourth-order valence-electron chi connectivity index (χ4n) is 2.27. The van der Waals surface area contributed by atoms with Gasteiger partial charge < -0.3 is 16.0 Å². The van der Waals surface area contributed by atoms with Gasteiger partial charge in [-0.1, -0.05) is 0 Å². The number of carbonyl (C=O) groups excluding carboxylic acids is 2. The molecule has 4 N–H and O–H groups in total. The van der Waals surface area contributed by atoms with Crippen LogP contribution in [0, 0.1) is 5.92 Å². The monoisotopic (exact) mass is 265 g/mol. The van der Waals surface area contributed by atoms with Gasteiger partial charge in [0.25, 0.3) is 5.91 Å². The van der Waals surface area contributed by atoms with Crippen LogP contribution in [0.1, 0.15) is 23.2 Å². The van der Waals surface area contributed by atoms with E-state index in [1.165, 1.54) is 6.20 Å². The molecule has 2 rings (SSSR count). The van der Waals surface area contributed by atoms with E-state index in [1.807, 2.05) is 0 Å². The average molecular weight is 265 g/mol. The van der Waals surface area contributed by atoms with E-state index < -0.39 is 0 Å². The number of nitrogens with zero attached hydrogens (tertiary/aromatic N) is 2. The minimum absolute atomic E-state index is 0.0184. The lowest BCUT2D eigenvalue weighted by Crippen LogP contribution is -2.46. The van der Waals surface area contributed by atoms with Crippen LogP contribution >= 0.6 is 0 Å². The Morgan fingerprint density at radius 3 is 3.11 bits per heavy atom. The number of nitrogens with two attached hydrogens (primary N) is 1. The van der Waals surface area contributed by atoms with Crippen molar-refractivity contribution in [3.05, 3.63) is 18.0 Å². The molecule has 0 bridgehead atoms. The summed E-state index contributed by atoms with van der Waals surface area (Å²) < 4.78 is 0. The molecule has 2 heterocycles. The van der Waals surface area contributed by atoms with Crippen LogP contribution in [0.15, 0.2) is 12.4 Å². The second kappa shape index (κ2) is 6.33. The Kier molecular flexibility index (Phi) is 4.51. The smallest absolute Gasteiger partial charge is 0.257 e. The Morgan fingerprint density at radius 1 is 1.58 bits per heavy atom. The molecule has 0 aliphatic carbocycles. The summed E-state index contributed by atoms with van der Waals surface area (Å²) in [5.41, 5.74) is 5.89. The summed E-state index contributed by atoms with van der Waals surface area (Å²) in [5.74, 6) is -0.239. The largest absolute Gasteiger partial charge is 0.355 e. The number of likely N-dealkylation sites (tertiary alicyclic amines) is 1. The van der Waals surface area contributed by atoms with Gasteiger partial charge in [-0.2, -0.15) is 5.10 Å². The maximum Gasteiger partial charge on any atom is 0.257 e. The van der Waals surface area contributed by atoms with Crippen molar-refractivity contribution in [1.29, 1.82) is 0 Å². The highest BCUT2D eigenvalue weighted by Crippen LogP contribution is 2.18. The molecule has 1 aliphatic rings. The van der Waals surface area contributed by atoms with Crippen LogP contribution in [0.5, 0.6) is 0 Å². The van der Waals surface area contributed by atoms with Crippen molar-refractivity contribution in [2.75, 3.05) is 26.2 Å². The number of carbonyl (C=O) groups is 2. The summed E-state index contributed by atoms with van der Waals surface area (Å²) in [6.45, 7) is 2.05. The first-order valence-electron chi connectivity index (χ1n) is 6.48. The van der Waals surface area contributed by atoms with Crippen LogP contribution in [0.2, 0.25) is 0 Å². The number of rotatable bonds is 4. The lowest BCUT2D eigenvalue weighted by Gasteiger charge is -2.31. The zero-order valence-electron chi connectivity index (χ0n) is 10.8. The van der Waals surface area contributed by atoms with Crippen LogP contribution in [0.25, 0.3) is 0 Å². The minimum Gasteiger partial charge on any atom is -0.355 e. The van der Waals surface area contributed by atoms with Crippen molar-refractivity contribution in [3.8, 4) is 0 Å². The Balaban J connectivity index is 1.93. The number of nitrogens with one attached hydrogen (secondary N) is 2. The van der Waals surface area contributed by atoms with Gasteiger partial charge in [-0.3, -0.25) is 14.7 Å². The van der Waals surface area contributed by atoms with Gasteiger partial charge >= 0.3 is 0 Å². The summed E-state index contributed by atoms with van der Waals surface area (Å²) in [6.07, 6.45) is 4.72. The molecule has 1 aromatic rings. The van der Waals surface area contributed by atoms with Crippen LogP contribution in [-0.4, -0.2) is 53.1 Å². The average Bonchev–Trinajstić information content (AvgIpc) is 2.98. The fraction of sp³-hybridized carbons (Fsp3) is 0.583. The predicted octanol–water partition coefficient (Wildman–Crippen LogP) is -0.663. The van der Waals surface area contributed by atoms with Gasteiger partial charge in [0.1, 0.15) is 0 Å². The maximum absolute atomic E-state index is 12.2. The summed E-state index contributed by atoms with van der Waals surface area (Å²) in [7, 11) is 0. The molecule has 1 aromatic heterocycles. The second-order valence-electron chi connectivity index (χ2n) is 4.66. The Morgan fingerprint density at radius 2 is 2.42 bits per heavy atom. The van der Waals surface area contributed by atoms with Crippen molar-refractivity contribution in [2.24, 2.45) is 11.7 Å². The van der Waals surface area contributed by atoms with Crippen molar-refractivity contribution in [3.63, 3.8) is 0 Å². The molecule has 7 nitrogen and oxygen atoms in total. The molecular weight excluding hydrogens is 246 g/mol. The predicted molar refractivity (Wildman–Crippen MR) is 69.3 cm³/mol. The highest BCUT2D eigenvalue weighted by molar-refractivity contribution is 5.94. The number of hydrogen-bond donors (Lipinski definition) is 3. The SMILES string of the molecule is NCCNC(=O)C1CCCN(C(=O)c2cn[nH]c2)C1. The molecule has 104 valence electrons. The number of aromatic nitrogens is 2. The van der Waals surface area contributed by atoms with Crippen molar-refractivity contribution < 1.29 is 9.59 Å². The van der Waals surface area contributed by atoms with Gasteiger partial charge in [0.15, 0.2) is 0 Å². The van der Waals surface area contributed by atoms with Gasteiger partial charge in [0.05, 0.1) is 17.7 Å². The first-order valence-corrected chi connectivity index (χ1v) is 6.48. The van der Waals surface area contributed by atoms with Crippen LogP contribution < -0.4 is 11.1 Å². The first kappa shape index (κ1) is 13.5. The molecule has 7 heteroatoms. The van der Waals surface area contributed by atoms with Crippen molar-refractivity contribution in [1.82, 2.24) is 20.4 Å². The van der Waals surface area contributed by atoms with E-state index in [9.17, 15) is 9.59 Å². The molecule has 0 radical (unpaired) electrons. The number of aromatic amines is 1. The third-order valence-electron chi connectivity index (χ3n) is 3.27. The molecule has 1 saturated heterocycles. The lowest BCUT2D eigenvalue weighted by molar-refractivity contribution is -0.126. The Hall–Kier alpha value is -1.89. The van der Waals surface area contributed by atoms with Crippen LogP contribution in [0.4, 0.5) is 0 Å². The molecule has 1 unspecified atom stereocenters. The van der Waals surface area contributed by atoms with E-state index in [1.54, 1.807) is 11.1 Å². The molecule has 1 aliphatic heterocycles. The van der Waals surface area contributed by atoms with Crippen molar-refractivity contribution >= 4 is 11.8 Å². The molecular formula is C12H19N5O2. The number of amides is 2. The fourth-order valence-corrected chi connectivity index (χ4v) is 2.27. The summed E-state index contributed by atoms with van der Waals surface area (Å²) in [6, 6.07) is 0. The Bertz CT molecular complexity index is 431. The van der Waals surface area contributed by atoms with E-state index in [-0.39, 0.29) is 17.7 Å². The highest BCUT2D eigenvalue weighted by atomic mass is 16.2. The summed E-state index contributed by atoms with van der Waals surface area (Å²) in [4.78, 5) is 25.8. The molecule has 0 aromatic carbocycles. The molecule has 0 spiro atoms. The van der Waals surface area contributed by atoms with Gasteiger partial charge in [-0.15, -0.1) is 0 Å². The third kappa shape index (κ3) is 3.31. The first-order chi connectivity index (χ1) is 9.22. The second-order valence-corrected chi connectivity index (χ2v) is 4.66. The van der Waals surface area contributed by atoms with Gasteiger partial charge in [-0.05, 0) is 12.8 Å². The number of hydrogen-bond acceptors (Lipinski definition) is 4. The van der Waals surface area contributed by atoms with E-state index in [0.717, 1.165) is 12.8 Å². The standard InChI is InChI=1S/C12H19N5O2/c13-3-4-14-11(18)9-2-1-5-17(8-9)12(19)10-6-15-16-7-10/h6-7,9H,1-5,8,13H2,(H,14,18)(H,15,16). The van der Waals surface area contributed by atoms with Gasteiger partial charge in [0.2, 0.25) is 5.91 Å². The molecule has 1 fully saturated rings. The summed E-state index contributed by atoms with van der Waals surface area (Å²) in [5, 5.41) is 9.16. The molecule has 2 amide bonds. The van der Waals surface area contributed by atoms with Crippen molar-refractivity contribution in [2.45, 2.75) is 12.8 Å². The lowest BCUT2D eigenvalue weighted by atomic mass is 9.96. The zero-order valence-corrected chi connectivity index (χ0v) is 10.8. The number of piperidine rings is 1. The summed E-state index contributed by atoms with van der Waals surface area (Å²) >= 11 is 0. The van der Waals surface area contributed by atoms with E-state index in [4.69, 9.17) is 5.73 Å². The maximum atomic E-state index is 12.2. The molecule has 0 saturated carbocycles. The van der Waals surface area contributed by atoms with Crippen LogP contribution in [-0.2, 0) is 4.79 Å². The van der Waals surface area contributed by atoms with Crippen LogP contribution in [0.3, 0.4) is 0 Å². The highest BCUT2D eigenvalue weighted by Gasteiger charge is 2.28. The van der Waals surface area contributed by atoms with E-state index in [2.05, 4.69) is 15.5 Å². The van der Waals surface area contributed by atoms with E-state index >= 15 is 0 Å².